The van der Waals surface area contributed by atoms with Gasteiger partial charge < -0.3 is 15.5 Å². The van der Waals surface area contributed by atoms with Gasteiger partial charge in [-0.2, -0.15) is 4.98 Å². The van der Waals surface area contributed by atoms with Crippen LogP contribution >= 0.6 is 11.6 Å². The molecular weight excluding hydrogens is 358 g/mol. The number of hydrogen-bond donors (Lipinski definition) is 2. The summed E-state index contributed by atoms with van der Waals surface area (Å²) in [5, 5.41) is 7.43. The summed E-state index contributed by atoms with van der Waals surface area (Å²) in [5.41, 5.74) is 3.07. The van der Waals surface area contributed by atoms with Crippen molar-refractivity contribution in [3.05, 3.63) is 71.2 Å². The minimum atomic E-state index is 0.596. The van der Waals surface area contributed by atoms with Gasteiger partial charge in [0.2, 0.25) is 5.95 Å². The van der Waals surface area contributed by atoms with Gasteiger partial charge in [0.1, 0.15) is 5.82 Å². The van der Waals surface area contributed by atoms with Gasteiger partial charge in [0.15, 0.2) is 0 Å². The number of hydrogen-bond acceptors (Lipinski definition) is 5. The predicted octanol–water partition coefficient (Wildman–Crippen LogP) is 4.38. The molecule has 0 radical (unpaired) electrons. The van der Waals surface area contributed by atoms with Crippen molar-refractivity contribution < 1.29 is 0 Å². The normalized spacial score (nSPS) is 10.8. The Kier molecular flexibility index (Phi) is 6.63. The van der Waals surface area contributed by atoms with Crippen molar-refractivity contribution in [2.45, 2.75) is 6.54 Å². The smallest absolute Gasteiger partial charge is 0.225 e. The van der Waals surface area contributed by atoms with E-state index in [1.807, 2.05) is 48.5 Å². The van der Waals surface area contributed by atoms with E-state index in [9.17, 15) is 0 Å². The molecule has 6 heteroatoms. The van der Waals surface area contributed by atoms with Crippen LogP contribution in [0.15, 0.2) is 60.7 Å². The van der Waals surface area contributed by atoms with Crippen LogP contribution in [0.25, 0.3) is 11.3 Å². The van der Waals surface area contributed by atoms with Crippen molar-refractivity contribution in [1.82, 2.24) is 14.9 Å². The fourth-order valence-corrected chi connectivity index (χ4v) is 2.69. The molecule has 0 saturated carbocycles. The monoisotopic (exact) mass is 381 g/mol. The lowest BCUT2D eigenvalue weighted by Crippen LogP contribution is -2.21. The zero-order chi connectivity index (χ0) is 19.1. The van der Waals surface area contributed by atoms with E-state index >= 15 is 0 Å². The van der Waals surface area contributed by atoms with Gasteiger partial charge in [0, 0.05) is 36.3 Å². The summed E-state index contributed by atoms with van der Waals surface area (Å²) in [7, 11) is 4.10. The van der Waals surface area contributed by atoms with Crippen LogP contribution in [0, 0.1) is 0 Å². The van der Waals surface area contributed by atoms with E-state index in [0.717, 1.165) is 40.8 Å². The van der Waals surface area contributed by atoms with E-state index in [2.05, 4.69) is 51.7 Å². The quantitative estimate of drug-likeness (QED) is 0.606. The standard InChI is InChI=1S/C21H24ClN5/c1-27(2)13-12-23-20-14-19(17-6-4-3-5-7-17)25-21(26-20)24-15-16-8-10-18(22)11-9-16/h3-11,14H,12-13,15H2,1-2H3,(H2,23,24,25,26). The Morgan fingerprint density at radius 3 is 2.37 bits per heavy atom. The maximum absolute atomic E-state index is 5.95. The molecule has 1 heterocycles. The van der Waals surface area contributed by atoms with Crippen LogP contribution in [0.2, 0.25) is 5.02 Å². The van der Waals surface area contributed by atoms with Crippen molar-refractivity contribution in [3.8, 4) is 11.3 Å². The molecule has 0 aliphatic carbocycles. The fourth-order valence-electron chi connectivity index (χ4n) is 2.56. The van der Waals surface area contributed by atoms with Gasteiger partial charge in [-0.05, 0) is 31.8 Å². The molecule has 0 unspecified atom stereocenters. The first kappa shape index (κ1) is 19.1. The number of aromatic nitrogens is 2. The molecule has 0 aliphatic heterocycles. The summed E-state index contributed by atoms with van der Waals surface area (Å²) in [6.45, 7) is 2.37. The van der Waals surface area contributed by atoms with E-state index in [1.54, 1.807) is 0 Å². The molecule has 0 spiro atoms. The van der Waals surface area contributed by atoms with Gasteiger partial charge in [0.05, 0.1) is 5.69 Å². The lowest BCUT2D eigenvalue weighted by atomic mass is 10.1. The summed E-state index contributed by atoms with van der Waals surface area (Å²) in [6.07, 6.45) is 0. The topological polar surface area (TPSA) is 53.1 Å². The first-order valence-electron chi connectivity index (χ1n) is 8.91. The zero-order valence-electron chi connectivity index (χ0n) is 15.6. The number of likely N-dealkylation sites (N-methyl/N-ethyl adjacent to an activating group) is 1. The van der Waals surface area contributed by atoms with Gasteiger partial charge in [-0.1, -0.05) is 54.1 Å². The Balaban J connectivity index is 1.79. The van der Waals surface area contributed by atoms with Crippen LogP contribution in [0.5, 0.6) is 0 Å². The molecule has 0 amide bonds. The minimum Gasteiger partial charge on any atom is -0.369 e. The summed E-state index contributed by atoms with van der Waals surface area (Å²) in [5.74, 6) is 1.41. The molecule has 140 valence electrons. The summed E-state index contributed by atoms with van der Waals surface area (Å²) in [6, 6.07) is 19.9. The Morgan fingerprint density at radius 2 is 1.67 bits per heavy atom. The zero-order valence-corrected chi connectivity index (χ0v) is 16.4. The molecule has 0 bridgehead atoms. The van der Waals surface area contributed by atoms with Crippen molar-refractivity contribution >= 4 is 23.4 Å². The molecule has 1 aromatic heterocycles. The Bertz CT molecular complexity index is 850. The summed E-state index contributed by atoms with van der Waals surface area (Å²) in [4.78, 5) is 11.4. The molecule has 27 heavy (non-hydrogen) atoms. The second-order valence-corrected chi connectivity index (χ2v) is 6.97. The van der Waals surface area contributed by atoms with E-state index in [4.69, 9.17) is 11.6 Å². The molecule has 0 atom stereocenters. The number of nitrogens with zero attached hydrogens (tertiary/aromatic N) is 3. The average Bonchev–Trinajstić information content (AvgIpc) is 2.68. The number of nitrogens with one attached hydrogen (secondary N) is 2. The summed E-state index contributed by atoms with van der Waals surface area (Å²) >= 11 is 5.95. The van der Waals surface area contributed by atoms with Crippen LogP contribution in [0.4, 0.5) is 11.8 Å². The highest BCUT2D eigenvalue weighted by molar-refractivity contribution is 6.30. The first-order chi connectivity index (χ1) is 13.1. The molecule has 0 aliphatic rings. The van der Waals surface area contributed by atoms with Gasteiger partial charge in [-0.25, -0.2) is 4.98 Å². The van der Waals surface area contributed by atoms with Gasteiger partial charge >= 0.3 is 0 Å². The van der Waals surface area contributed by atoms with Crippen molar-refractivity contribution in [2.24, 2.45) is 0 Å². The minimum absolute atomic E-state index is 0.596. The van der Waals surface area contributed by atoms with Crippen LogP contribution < -0.4 is 10.6 Å². The van der Waals surface area contributed by atoms with Gasteiger partial charge in [-0.15, -0.1) is 0 Å². The Labute approximate surface area is 165 Å². The molecule has 5 nitrogen and oxygen atoms in total. The van der Waals surface area contributed by atoms with E-state index in [0.29, 0.717) is 12.5 Å². The molecule has 3 rings (SSSR count). The second kappa shape index (κ2) is 9.35. The SMILES string of the molecule is CN(C)CCNc1cc(-c2ccccc2)nc(NCc2ccc(Cl)cc2)n1. The molecule has 2 aromatic carbocycles. The molecule has 0 fully saturated rings. The maximum atomic E-state index is 5.95. The third-order valence-electron chi connectivity index (χ3n) is 4.02. The van der Waals surface area contributed by atoms with Crippen molar-refractivity contribution in [2.75, 3.05) is 37.8 Å². The van der Waals surface area contributed by atoms with Crippen LogP contribution in [-0.2, 0) is 6.54 Å². The molecular formula is C21H24ClN5. The maximum Gasteiger partial charge on any atom is 0.225 e. The van der Waals surface area contributed by atoms with Crippen LogP contribution in [0.1, 0.15) is 5.56 Å². The molecule has 0 saturated heterocycles. The number of rotatable bonds is 8. The fraction of sp³-hybridized carbons (Fsp3) is 0.238. The predicted molar refractivity (Wildman–Crippen MR) is 113 cm³/mol. The van der Waals surface area contributed by atoms with Crippen LogP contribution in [0.3, 0.4) is 0 Å². The van der Waals surface area contributed by atoms with Gasteiger partial charge in [-0.3, -0.25) is 0 Å². The highest BCUT2D eigenvalue weighted by Crippen LogP contribution is 2.21. The van der Waals surface area contributed by atoms with E-state index in [1.165, 1.54) is 0 Å². The highest BCUT2D eigenvalue weighted by atomic mass is 35.5. The molecule has 2 N–H and O–H groups in total. The third-order valence-corrected chi connectivity index (χ3v) is 4.28. The Morgan fingerprint density at radius 1 is 0.926 bits per heavy atom. The van der Waals surface area contributed by atoms with Crippen LogP contribution in [-0.4, -0.2) is 42.1 Å². The van der Waals surface area contributed by atoms with Crippen molar-refractivity contribution in [3.63, 3.8) is 0 Å². The van der Waals surface area contributed by atoms with E-state index < -0.39 is 0 Å². The lowest BCUT2D eigenvalue weighted by Gasteiger charge is -2.13. The number of benzene rings is 2. The number of halogens is 1. The number of anilines is 2. The van der Waals surface area contributed by atoms with E-state index in [-0.39, 0.29) is 0 Å². The largest absolute Gasteiger partial charge is 0.369 e. The third kappa shape index (κ3) is 5.94. The lowest BCUT2D eigenvalue weighted by molar-refractivity contribution is 0.425. The van der Waals surface area contributed by atoms with Gasteiger partial charge in [0.25, 0.3) is 0 Å². The summed E-state index contributed by atoms with van der Waals surface area (Å²) < 4.78 is 0. The van der Waals surface area contributed by atoms with Crippen molar-refractivity contribution in [1.29, 1.82) is 0 Å². The Hall–Kier alpha value is -2.63. The molecule has 3 aromatic rings. The first-order valence-corrected chi connectivity index (χ1v) is 9.29. The highest BCUT2D eigenvalue weighted by Gasteiger charge is 2.07. The average molecular weight is 382 g/mol. The second-order valence-electron chi connectivity index (χ2n) is 6.54.